The van der Waals surface area contributed by atoms with Gasteiger partial charge in [0.25, 0.3) is 5.56 Å². The molecule has 1 atom stereocenters. The van der Waals surface area contributed by atoms with Crippen molar-refractivity contribution in [3.63, 3.8) is 0 Å². The number of fused-ring (bicyclic) bond motifs is 2. The third-order valence-electron chi connectivity index (χ3n) is 4.76. The third kappa shape index (κ3) is 4.63. The van der Waals surface area contributed by atoms with Crippen LogP contribution in [0, 0.1) is 6.92 Å². The molecule has 0 fully saturated rings. The molecule has 30 heavy (non-hydrogen) atoms. The predicted molar refractivity (Wildman–Crippen MR) is 109 cm³/mol. The summed E-state index contributed by atoms with van der Waals surface area (Å²) >= 11 is 0. The summed E-state index contributed by atoms with van der Waals surface area (Å²) in [6.07, 6.45) is -0.369. The zero-order chi connectivity index (χ0) is 21.8. The number of aliphatic carboxylic acids is 1. The van der Waals surface area contributed by atoms with Crippen molar-refractivity contribution in [1.29, 1.82) is 0 Å². The van der Waals surface area contributed by atoms with Crippen LogP contribution in [0.15, 0.2) is 21.7 Å². The van der Waals surface area contributed by atoms with Gasteiger partial charge in [0, 0.05) is 25.4 Å². The standard InChI is InChI=1S/C19H23N5O6/c1-10-8-13-14(9-12(10)20-5-2-15(27)28)24(6-3-11(26)4-7-25)17-16(21-13)18(29)23-19(30)22-17/h8-9,11,20,25-26H,2-7H2,1H3,(H,27,28)(H,23,29,30). The van der Waals surface area contributed by atoms with Crippen LogP contribution < -0.4 is 16.6 Å². The van der Waals surface area contributed by atoms with Gasteiger partial charge in [-0.3, -0.25) is 14.6 Å². The van der Waals surface area contributed by atoms with Gasteiger partial charge in [-0.25, -0.2) is 9.78 Å². The van der Waals surface area contributed by atoms with Crippen LogP contribution in [0.3, 0.4) is 0 Å². The molecule has 1 unspecified atom stereocenters. The maximum absolute atomic E-state index is 12.3. The normalized spacial score (nSPS) is 12.4. The topological polar surface area (TPSA) is 170 Å². The minimum absolute atomic E-state index is 0.00438. The predicted octanol–water partition coefficient (Wildman–Crippen LogP) is -0.0870. The molecule has 0 aliphatic carbocycles. The average Bonchev–Trinajstić information content (AvgIpc) is 2.66. The first-order valence-corrected chi connectivity index (χ1v) is 9.50. The second-order valence-corrected chi connectivity index (χ2v) is 6.99. The number of rotatable bonds is 9. The highest BCUT2D eigenvalue weighted by atomic mass is 16.4. The summed E-state index contributed by atoms with van der Waals surface area (Å²) in [5.74, 6) is -0.833. The van der Waals surface area contributed by atoms with Crippen LogP contribution in [-0.2, 0) is 11.3 Å². The quantitative estimate of drug-likeness (QED) is 0.299. The summed E-state index contributed by atoms with van der Waals surface area (Å²) in [4.78, 5) is 45.2. The van der Waals surface area contributed by atoms with Crippen molar-refractivity contribution < 1.29 is 20.1 Å². The fourth-order valence-electron chi connectivity index (χ4n) is 3.24. The Morgan fingerprint density at radius 1 is 1.27 bits per heavy atom. The molecule has 11 heteroatoms. The van der Waals surface area contributed by atoms with Crippen molar-refractivity contribution in [3.8, 4) is 11.5 Å². The van der Waals surface area contributed by atoms with E-state index < -0.39 is 23.3 Å². The van der Waals surface area contributed by atoms with Gasteiger partial charge in [0.1, 0.15) is 0 Å². The molecule has 0 saturated carbocycles. The second-order valence-electron chi connectivity index (χ2n) is 6.99. The maximum atomic E-state index is 12.3. The van der Waals surface area contributed by atoms with E-state index in [4.69, 9.17) is 10.2 Å². The van der Waals surface area contributed by atoms with Crippen molar-refractivity contribution in [3.05, 3.63) is 38.5 Å². The summed E-state index contributed by atoms with van der Waals surface area (Å²) in [5, 5.41) is 30.9. The SMILES string of the molecule is Cc1cc2nc3c(=O)[nH]c(=O)nc-3n(CCC(O)CCO)c2cc1NCCC(=O)O. The number of anilines is 1. The lowest BCUT2D eigenvalue weighted by molar-refractivity contribution is -0.136. The van der Waals surface area contributed by atoms with E-state index in [1.807, 2.05) is 6.92 Å². The number of H-pyrrole nitrogens is 1. The molecule has 11 nitrogen and oxygen atoms in total. The van der Waals surface area contributed by atoms with E-state index in [9.17, 15) is 19.5 Å². The van der Waals surface area contributed by atoms with Crippen LogP contribution in [0.2, 0.25) is 0 Å². The molecule has 0 bridgehead atoms. The first-order chi connectivity index (χ1) is 14.3. The number of carboxylic acid groups (broad SMARTS) is 1. The van der Waals surface area contributed by atoms with Crippen molar-refractivity contribution >= 4 is 22.7 Å². The lowest BCUT2D eigenvalue weighted by Gasteiger charge is -2.19. The van der Waals surface area contributed by atoms with Gasteiger partial charge in [0.05, 0.1) is 23.6 Å². The Kier molecular flexibility index (Phi) is 6.43. The van der Waals surface area contributed by atoms with Gasteiger partial charge in [-0.05, 0) is 37.5 Å². The second kappa shape index (κ2) is 9.01. The highest BCUT2D eigenvalue weighted by Gasteiger charge is 2.20. The number of aliphatic hydroxyl groups excluding tert-OH is 2. The Morgan fingerprint density at radius 3 is 2.73 bits per heavy atom. The van der Waals surface area contributed by atoms with Crippen LogP contribution in [0.5, 0.6) is 0 Å². The smallest absolute Gasteiger partial charge is 0.349 e. The number of carbonyl (C=O) groups is 1. The molecule has 0 radical (unpaired) electrons. The molecule has 0 amide bonds. The maximum Gasteiger partial charge on any atom is 0.349 e. The molecule has 2 aliphatic heterocycles. The summed E-state index contributed by atoms with van der Waals surface area (Å²) < 4.78 is 1.64. The van der Waals surface area contributed by atoms with E-state index in [2.05, 4.69) is 20.3 Å². The van der Waals surface area contributed by atoms with Crippen molar-refractivity contribution in [2.75, 3.05) is 18.5 Å². The number of aromatic nitrogens is 4. The molecule has 0 spiro atoms. The van der Waals surface area contributed by atoms with Crippen molar-refractivity contribution in [2.24, 2.45) is 0 Å². The van der Waals surface area contributed by atoms with E-state index in [-0.39, 0.29) is 50.5 Å². The van der Waals surface area contributed by atoms with Gasteiger partial charge >= 0.3 is 11.7 Å². The number of carboxylic acids is 1. The molecule has 0 saturated heterocycles. The van der Waals surface area contributed by atoms with Gasteiger partial charge in [-0.1, -0.05) is 0 Å². The Labute approximate surface area is 170 Å². The van der Waals surface area contributed by atoms with E-state index in [0.717, 1.165) is 5.56 Å². The highest BCUT2D eigenvalue weighted by molar-refractivity contribution is 5.84. The highest BCUT2D eigenvalue weighted by Crippen LogP contribution is 2.27. The van der Waals surface area contributed by atoms with Crippen LogP contribution in [0.25, 0.3) is 22.6 Å². The third-order valence-corrected chi connectivity index (χ3v) is 4.76. The number of nitrogens with one attached hydrogen (secondary N) is 2. The molecule has 0 aromatic heterocycles. The zero-order valence-electron chi connectivity index (χ0n) is 16.4. The summed E-state index contributed by atoms with van der Waals surface area (Å²) in [7, 11) is 0. The van der Waals surface area contributed by atoms with E-state index in [0.29, 0.717) is 16.7 Å². The van der Waals surface area contributed by atoms with Gasteiger partial charge in [0.15, 0.2) is 11.5 Å². The summed E-state index contributed by atoms with van der Waals surface area (Å²) in [5.41, 5.74) is 1.09. The van der Waals surface area contributed by atoms with Crippen LogP contribution in [-0.4, -0.2) is 60.1 Å². The van der Waals surface area contributed by atoms with Crippen LogP contribution in [0.1, 0.15) is 24.8 Å². The Hall–Kier alpha value is -3.31. The van der Waals surface area contributed by atoms with Crippen LogP contribution >= 0.6 is 0 Å². The van der Waals surface area contributed by atoms with Gasteiger partial charge in [-0.2, -0.15) is 4.98 Å². The largest absolute Gasteiger partial charge is 0.481 e. The molecule has 2 aliphatic rings. The monoisotopic (exact) mass is 417 g/mol. The first kappa shape index (κ1) is 21.4. The lowest BCUT2D eigenvalue weighted by Crippen LogP contribution is -2.29. The molecule has 3 rings (SSSR count). The Balaban J connectivity index is 2.15. The van der Waals surface area contributed by atoms with E-state index in [1.54, 1.807) is 16.7 Å². The van der Waals surface area contributed by atoms with Gasteiger partial charge in [-0.15, -0.1) is 0 Å². The van der Waals surface area contributed by atoms with Crippen molar-refractivity contribution in [2.45, 2.75) is 38.8 Å². The average molecular weight is 417 g/mol. The fraction of sp³-hybridized carbons (Fsp3) is 0.421. The fourth-order valence-corrected chi connectivity index (χ4v) is 3.24. The Bertz CT molecular complexity index is 1150. The summed E-state index contributed by atoms with van der Waals surface area (Å²) in [6.45, 7) is 2.11. The molecular formula is C19H23N5O6. The first-order valence-electron chi connectivity index (χ1n) is 9.50. The lowest BCUT2D eigenvalue weighted by atomic mass is 10.1. The summed E-state index contributed by atoms with van der Waals surface area (Å²) in [6, 6.07) is 3.51. The van der Waals surface area contributed by atoms with E-state index in [1.165, 1.54) is 0 Å². The van der Waals surface area contributed by atoms with Gasteiger partial charge < -0.3 is 25.2 Å². The van der Waals surface area contributed by atoms with E-state index >= 15 is 0 Å². The van der Waals surface area contributed by atoms with Crippen molar-refractivity contribution in [1.82, 2.24) is 19.5 Å². The number of benzene rings is 1. The molecule has 160 valence electrons. The number of aromatic amines is 1. The number of hydrogen-bond donors (Lipinski definition) is 5. The molecule has 1 aromatic rings. The molecule has 2 heterocycles. The minimum Gasteiger partial charge on any atom is -0.481 e. The molecule has 5 N–H and O–H groups in total. The number of hydrogen-bond acceptors (Lipinski definition) is 8. The number of aliphatic hydroxyl groups is 2. The molecule has 1 aromatic carbocycles. The van der Waals surface area contributed by atoms with Crippen LogP contribution in [0.4, 0.5) is 5.69 Å². The molecular weight excluding hydrogens is 394 g/mol. The minimum atomic E-state index is -0.923. The van der Waals surface area contributed by atoms with Gasteiger partial charge in [0.2, 0.25) is 0 Å². The number of nitrogens with zero attached hydrogens (tertiary/aromatic N) is 3. The zero-order valence-corrected chi connectivity index (χ0v) is 16.4. The Morgan fingerprint density at radius 2 is 2.03 bits per heavy atom. The number of aryl methyl sites for hydroxylation is 2.